The quantitative estimate of drug-likeness (QED) is 0.689. The molecule has 19 heavy (non-hydrogen) atoms. The normalized spacial score (nSPS) is 12.3. The first-order valence-corrected chi connectivity index (χ1v) is 5.86. The first-order valence-electron chi connectivity index (χ1n) is 5.86. The number of aromatic hydroxyl groups is 1. The van der Waals surface area contributed by atoms with Gasteiger partial charge < -0.3 is 20.6 Å². The lowest BCUT2D eigenvalue weighted by molar-refractivity contribution is -0.121. The Hall–Kier alpha value is -2.34. The first kappa shape index (κ1) is 13.1. The smallest absolute Gasteiger partial charge is 0.237 e. The molecule has 0 bridgehead atoms. The van der Waals surface area contributed by atoms with Gasteiger partial charge in [-0.05, 0) is 25.1 Å². The molecular formula is C13H15N3O3. The van der Waals surface area contributed by atoms with E-state index >= 15 is 0 Å². The van der Waals surface area contributed by atoms with E-state index in [4.69, 9.17) is 5.73 Å². The molecule has 0 unspecified atom stereocenters. The van der Waals surface area contributed by atoms with Crippen molar-refractivity contribution >= 4 is 17.2 Å². The van der Waals surface area contributed by atoms with E-state index in [1.54, 1.807) is 35.9 Å². The molecule has 0 spiro atoms. The maximum Gasteiger partial charge on any atom is 0.237 e. The van der Waals surface area contributed by atoms with E-state index in [0.717, 1.165) is 0 Å². The molecule has 0 saturated carbocycles. The third-order valence-corrected chi connectivity index (χ3v) is 2.80. The fourth-order valence-electron chi connectivity index (χ4n) is 1.80. The average molecular weight is 261 g/mol. The van der Waals surface area contributed by atoms with Crippen LogP contribution in [0.25, 0.3) is 5.52 Å². The summed E-state index contributed by atoms with van der Waals surface area (Å²) in [6.07, 6.45) is 3.40. The molecule has 2 aromatic heterocycles. The Morgan fingerprint density at radius 2 is 2.16 bits per heavy atom. The van der Waals surface area contributed by atoms with E-state index in [2.05, 4.69) is 5.32 Å². The Morgan fingerprint density at radius 3 is 2.84 bits per heavy atom. The number of hydrogen-bond donors (Lipinski definition) is 3. The Morgan fingerprint density at radius 1 is 1.42 bits per heavy atom. The van der Waals surface area contributed by atoms with Crippen LogP contribution in [0, 0.1) is 0 Å². The van der Waals surface area contributed by atoms with E-state index in [-0.39, 0.29) is 24.0 Å². The summed E-state index contributed by atoms with van der Waals surface area (Å²) in [5.41, 5.74) is 6.18. The van der Waals surface area contributed by atoms with Crippen LogP contribution in [0.5, 0.6) is 5.75 Å². The van der Waals surface area contributed by atoms with Crippen molar-refractivity contribution in [2.24, 2.45) is 5.73 Å². The zero-order valence-corrected chi connectivity index (χ0v) is 10.5. The van der Waals surface area contributed by atoms with Gasteiger partial charge in [0.1, 0.15) is 5.75 Å². The number of amides is 1. The Bertz CT molecular complexity index is 631. The monoisotopic (exact) mass is 261 g/mol. The zero-order valence-electron chi connectivity index (χ0n) is 10.5. The van der Waals surface area contributed by atoms with E-state index in [9.17, 15) is 14.7 Å². The largest absolute Gasteiger partial charge is 0.506 e. The number of aromatic nitrogens is 1. The predicted molar refractivity (Wildman–Crippen MR) is 70.1 cm³/mol. The molecule has 0 radical (unpaired) electrons. The van der Waals surface area contributed by atoms with E-state index in [1.807, 2.05) is 0 Å². The third kappa shape index (κ3) is 2.58. The number of carbonyl (C=O) groups excluding carboxylic acids is 2. The number of nitrogens with zero attached hydrogens (tertiary/aromatic N) is 1. The number of nitrogens with two attached hydrogens (primary N) is 1. The third-order valence-electron chi connectivity index (χ3n) is 2.80. The van der Waals surface area contributed by atoms with Crippen molar-refractivity contribution in [2.75, 3.05) is 6.54 Å². The minimum absolute atomic E-state index is 0.0226. The van der Waals surface area contributed by atoms with Crippen molar-refractivity contribution in [1.29, 1.82) is 0 Å². The average Bonchev–Trinajstić information content (AvgIpc) is 2.80. The van der Waals surface area contributed by atoms with Gasteiger partial charge in [-0.15, -0.1) is 0 Å². The number of Topliss-reactive ketones (excluding diaryl/α,β-unsaturated/α-hetero) is 1. The fourth-order valence-corrected chi connectivity index (χ4v) is 1.80. The van der Waals surface area contributed by atoms with Gasteiger partial charge in [0.25, 0.3) is 0 Å². The minimum Gasteiger partial charge on any atom is -0.506 e. The van der Waals surface area contributed by atoms with Crippen LogP contribution in [0.15, 0.2) is 30.6 Å². The highest BCUT2D eigenvalue weighted by Crippen LogP contribution is 2.23. The molecule has 0 fully saturated rings. The van der Waals surface area contributed by atoms with Crippen molar-refractivity contribution in [1.82, 2.24) is 9.72 Å². The highest BCUT2D eigenvalue weighted by molar-refractivity contribution is 6.06. The molecule has 6 heteroatoms. The summed E-state index contributed by atoms with van der Waals surface area (Å²) in [5.74, 6) is -0.645. The summed E-state index contributed by atoms with van der Waals surface area (Å²) >= 11 is 0. The Kier molecular flexibility index (Phi) is 3.52. The standard InChI is InChI=1S/C13H15N3O3/c1-8(14)13(19)15-7-11(18)9-4-6-16-5-2-3-10(17)12(9)16/h2-6,8,17H,7,14H2,1H3,(H,15,19)/t8-/m0/s1. The predicted octanol–water partition coefficient (Wildman–Crippen LogP) is 0.291. The molecule has 0 aromatic carbocycles. The summed E-state index contributed by atoms with van der Waals surface area (Å²) < 4.78 is 1.65. The van der Waals surface area contributed by atoms with Crippen molar-refractivity contribution in [2.45, 2.75) is 13.0 Å². The molecule has 6 nitrogen and oxygen atoms in total. The summed E-state index contributed by atoms with van der Waals surface area (Å²) in [6, 6.07) is 4.13. The maximum atomic E-state index is 12.0. The number of nitrogens with one attached hydrogen (secondary N) is 1. The summed E-state index contributed by atoms with van der Waals surface area (Å²) in [6.45, 7) is 1.40. The second kappa shape index (κ2) is 5.11. The summed E-state index contributed by atoms with van der Waals surface area (Å²) in [5, 5.41) is 12.2. The number of fused-ring (bicyclic) bond motifs is 1. The molecule has 1 atom stereocenters. The lowest BCUT2D eigenvalue weighted by atomic mass is 10.1. The van der Waals surface area contributed by atoms with E-state index in [1.165, 1.54) is 6.07 Å². The second-order valence-corrected chi connectivity index (χ2v) is 4.31. The Balaban J connectivity index is 2.21. The minimum atomic E-state index is -0.660. The van der Waals surface area contributed by atoms with Gasteiger partial charge >= 0.3 is 0 Å². The molecule has 0 aliphatic rings. The fraction of sp³-hybridized carbons (Fsp3) is 0.231. The van der Waals surface area contributed by atoms with Crippen molar-refractivity contribution in [3.8, 4) is 5.75 Å². The summed E-state index contributed by atoms with van der Waals surface area (Å²) in [7, 11) is 0. The van der Waals surface area contributed by atoms with Crippen LogP contribution >= 0.6 is 0 Å². The molecule has 0 aliphatic heterocycles. The van der Waals surface area contributed by atoms with Gasteiger partial charge in [0.05, 0.1) is 18.1 Å². The van der Waals surface area contributed by atoms with Crippen LogP contribution in [0.3, 0.4) is 0 Å². The number of pyridine rings is 1. The molecule has 100 valence electrons. The van der Waals surface area contributed by atoms with Gasteiger partial charge in [-0.25, -0.2) is 0 Å². The molecule has 4 N–H and O–H groups in total. The van der Waals surface area contributed by atoms with Crippen LogP contribution in [0.2, 0.25) is 0 Å². The lowest BCUT2D eigenvalue weighted by Gasteiger charge is -2.07. The molecule has 2 aromatic rings. The van der Waals surface area contributed by atoms with Gasteiger partial charge in [0.15, 0.2) is 5.78 Å². The first-order chi connectivity index (χ1) is 9.00. The highest BCUT2D eigenvalue weighted by Gasteiger charge is 2.16. The van der Waals surface area contributed by atoms with Gasteiger partial charge in [0, 0.05) is 18.0 Å². The molecular weight excluding hydrogens is 246 g/mol. The van der Waals surface area contributed by atoms with E-state index < -0.39 is 6.04 Å². The number of hydrogen-bond acceptors (Lipinski definition) is 4. The molecule has 0 aliphatic carbocycles. The van der Waals surface area contributed by atoms with Crippen LogP contribution in [0.4, 0.5) is 0 Å². The van der Waals surface area contributed by atoms with Crippen molar-refractivity contribution in [3.05, 3.63) is 36.2 Å². The van der Waals surface area contributed by atoms with Gasteiger partial charge in [-0.1, -0.05) is 0 Å². The molecule has 1 amide bonds. The summed E-state index contributed by atoms with van der Waals surface area (Å²) in [4.78, 5) is 23.3. The van der Waals surface area contributed by atoms with Gasteiger partial charge in [-0.3, -0.25) is 9.59 Å². The Labute approximate surface area is 109 Å². The number of carbonyl (C=O) groups is 2. The van der Waals surface area contributed by atoms with Crippen molar-refractivity contribution < 1.29 is 14.7 Å². The van der Waals surface area contributed by atoms with Crippen LogP contribution < -0.4 is 11.1 Å². The maximum absolute atomic E-state index is 12.0. The SMILES string of the molecule is C[C@H](N)C(=O)NCC(=O)c1ccn2cccc(O)c12. The van der Waals surface area contributed by atoms with Gasteiger partial charge in [-0.2, -0.15) is 0 Å². The van der Waals surface area contributed by atoms with Crippen LogP contribution in [-0.4, -0.2) is 33.8 Å². The van der Waals surface area contributed by atoms with Crippen molar-refractivity contribution in [3.63, 3.8) is 0 Å². The molecule has 0 saturated heterocycles. The van der Waals surface area contributed by atoms with Gasteiger partial charge in [0.2, 0.25) is 5.91 Å². The highest BCUT2D eigenvalue weighted by atomic mass is 16.3. The second-order valence-electron chi connectivity index (χ2n) is 4.31. The topological polar surface area (TPSA) is 96.8 Å². The molecule has 2 rings (SSSR count). The molecule has 2 heterocycles. The number of rotatable bonds is 4. The number of ketones is 1. The zero-order chi connectivity index (χ0) is 14.0. The van der Waals surface area contributed by atoms with Crippen LogP contribution in [-0.2, 0) is 4.79 Å². The van der Waals surface area contributed by atoms with Crippen LogP contribution in [0.1, 0.15) is 17.3 Å². The lowest BCUT2D eigenvalue weighted by Crippen LogP contribution is -2.40. The van der Waals surface area contributed by atoms with E-state index in [0.29, 0.717) is 11.1 Å².